The van der Waals surface area contributed by atoms with Gasteiger partial charge >= 0.3 is 0 Å². The van der Waals surface area contributed by atoms with E-state index < -0.39 is 21.4 Å². The van der Waals surface area contributed by atoms with Crippen LogP contribution in [0.25, 0.3) is 10.9 Å². The molecule has 0 saturated carbocycles. The maximum absolute atomic E-state index is 13.5. The second-order valence-corrected chi connectivity index (χ2v) is 12.7. The van der Waals surface area contributed by atoms with E-state index in [1.54, 1.807) is 36.4 Å². The summed E-state index contributed by atoms with van der Waals surface area (Å²) in [5.41, 5.74) is 1.86. The normalized spacial score (nSPS) is 20.1. The molecule has 0 amide bonds. The summed E-state index contributed by atoms with van der Waals surface area (Å²) in [5.74, 6) is -0.470. The van der Waals surface area contributed by atoms with Crippen LogP contribution in [0.4, 0.5) is 4.39 Å². The SMILES string of the molecule is C.COc1nc2ccc(S(C)(=O)=O)cc2cc1C(c1ccc(Cl)cc1)C1(O)CCNC(Cc2ccc(F)cc2)C1. The Labute approximate surface area is 240 Å². The van der Waals surface area contributed by atoms with Crippen molar-refractivity contribution in [3.8, 4) is 5.88 Å². The van der Waals surface area contributed by atoms with Crippen molar-refractivity contribution in [2.75, 3.05) is 19.9 Å². The van der Waals surface area contributed by atoms with Crippen LogP contribution in [0.5, 0.6) is 5.88 Å². The van der Waals surface area contributed by atoms with Crippen molar-refractivity contribution in [2.45, 2.75) is 49.1 Å². The van der Waals surface area contributed by atoms with Crippen molar-refractivity contribution in [1.82, 2.24) is 10.3 Å². The van der Waals surface area contributed by atoms with Crippen LogP contribution in [-0.4, -0.2) is 50.1 Å². The average molecular weight is 585 g/mol. The molecule has 212 valence electrons. The number of hydrogen-bond donors (Lipinski definition) is 2. The summed E-state index contributed by atoms with van der Waals surface area (Å²) in [7, 11) is -1.89. The van der Waals surface area contributed by atoms with Crippen LogP contribution < -0.4 is 10.1 Å². The summed E-state index contributed by atoms with van der Waals surface area (Å²) in [6, 6.07) is 20.3. The van der Waals surface area contributed by atoms with Crippen molar-refractivity contribution >= 4 is 32.3 Å². The van der Waals surface area contributed by atoms with E-state index in [1.807, 2.05) is 18.2 Å². The first-order chi connectivity index (χ1) is 18.6. The Morgan fingerprint density at radius 3 is 2.48 bits per heavy atom. The minimum atomic E-state index is -3.43. The third-order valence-corrected chi connectivity index (χ3v) is 8.80. The third-order valence-electron chi connectivity index (χ3n) is 7.44. The number of ether oxygens (including phenoxy) is 1. The highest BCUT2D eigenvalue weighted by Crippen LogP contribution is 2.45. The van der Waals surface area contributed by atoms with Crippen molar-refractivity contribution < 1.29 is 22.7 Å². The van der Waals surface area contributed by atoms with E-state index >= 15 is 0 Å². The maximum atomic E-state index is 13.5. The van der Waals surface area contributed by atoms with Gasteiger partial charge in [-0.3, -0.25) is 0 Å². The van der Waals surface area contributed by atoms with Gasteiger partial charge < -0.3 is 15.2 Å². The quantitative estimate of drug-likeness (QED) is 0.280. The first-order valence-corrected chi connectivity index (χ1v) is 15.0. The Kier molecular flexibility index (Phi) is 8.85. The molecule has 1 aliphatic heterocycles. The Hall–Kier alpha value is -3.04. The van der Waals surface area contributed by atoms with Gasteiger partial charge in [0.2, 0.25) is 5.88 Å². The van der Waals surface area contributed by atoms with E-state index in [0.717, 1.165) is 11.1 Å². The first kappa shape index (κ1) is 29.9. The molecule has 5 rings (SSSR count). The number of piperidine rings is 1. The predicted molar refractivity (Wildman–Crippen MR) is 158 cm³/mol. The fraction of sp³-hybridized carbons (Fsp3) is 0.323. The Morgan fingerprint density at radius 1 is 1.12 bits per heavy atom. The summed E-state index contributed by atoms with van der Waals surface area (Å²) in [6.45, 7) is 0.577. The van der Waals surface area contributed by atoms with E-state index in [4.69, 9.17) is 21.3 Å². The topological polar surface area (TPSA) is 88.5 Å². The van der Waals surface area contributed by atoms with Crippen LogP contribution in [-0.2, 0) is 16.3 Å². The lowest BCUT2D eigenvalue weighted by Crippen LogP contribution is -2.52. The number of sulfone groups is 1. The van der Waals surface area contributed by atoms with Gasteiger partial charge in [-0.25, -0.2) is 17.8 Å². The summed E-state index contributed by atoms with van der Waals surface area (Å²) in [5, 5.41) is 17.1. The molecule has 3 atom stereocenters. The number of rotatable bonds is 7. The molecule has 3 unspecified atom stereocenters. The standard InChI is InChI=1S/C30H30ClFN2O4S.CH4/c1-38-29-26(17-21-16-25(39(2,36)37)11-12-27(21)34-29)28(20-5-7-22(31)8-6-20)30(35)13-14-33-24(18-30)15-19-3-9-23(32)10-4-19;/h3-12,16-17,24,28,33,35H,13-15,18H2,1-2H3;1H4. The van der Waals surface area contributed by atoms with Gasteiger partial charge in [0.1, 0.15) is 5.82 Å². The van der Waals surface area contributed by atoms with Crippen LogP contribution in [0.15, 0.2) is 77.7 Å². The molecule has 0 radical (unpaired) electrons. The van der Waals surface area contributed by atoms with Crippen LogP contribution in [0.3, 0.4) is 0 Å². The molecule has 2 N–H and O–H groups in total. The van der Waals surface area contributed by atoms with Crippen molar-refractivity contribution in [3.63, 3.8) is 0 Å². The smallest absolute Gasteiger partial charge is 0.217 e. The van der Waals surface area contributed by atoms with E-state index in [2.05, 4.69) is 5.32 Å². The molecular formula is C31H34ClFN2O4S. The lowest BCUT2D eigenvalue weighted by atomic mass is 9.70. The van der Waals surface area contributed by atoms with E-state index in [-0.39, 0.29) is 24.2 Å². The first-order valence-electron chi connectivity index (χ1n) is 12.7. The Morgan fingerprint density at radius 2 is 1.82 bits per heavy atom. The van der Waals surface area contributed by atoms with Gasteiger partial charge in [-0.05, 0) is 85.5 Å². The zero-order chi connectivity index (χ0) is 27.8. The highest BCUT2D eigenvalue weighted by atomic mass is 35.5. The molecule has 0 bridgehead atoms. The van der Waals surface area contributed by atoms with E-state index in [1.165, 1.54) is 31.6 Å². The number of benzene rings is 3. The fourth-order valence-electron chi connectivity index (χ4n) is 5.59. The molecule has 1 aromatic heterocycles. The van der Waals surface area contributed by atoms with Gasteiger partial charge in [0.25, 0.3) is 0 Å². The molecule has 9 heteroatoms. The Bertz CT molecular complexity index is 1600. The number of aromatic nitrogens is 1. The summed E-state index contributed by atoms with van der Waals surface area (Å²) < 4.78 is 43.7. The average Bonchev–Trinajstić information content (AvgIpc) is 2.90. The maximum Gasteiger partial charge on any atom is 0.217 e. The van der Waals surface area contributed by atoms with E-state index in [9.17, 15) is 17.9 Å². The largest absolute Gasteiger partial charge is 0.481 e. The second-order valence-electron chi connectivity index (χ2n) is 10.2. The lowest BCUT2D eigenvalue weighted by Gasteiger charge is -2.43. The number of pyridine rings is 1. The number of nitrogens with zero attached hydrogens (tertiary/aromatic N) is 1. The molecule has 1 saturated heterocycles. The Balaban J connectivity index is 0.00000370. The zero-order valence-corrected chi connectivity index (χ0v) is 23.3. The third kappa shape index (κ3) is 6.31. The summed E-state index contributed by atoms with van der Waals surface area (Å²) in [4.78, 5) is 4.89. The van der Waals surface area contributed by atoms with Crippen LogP contribution >= 0.6 is 11.6 Å². The number of hydrogen-bond acceptors (Lipinski definition) is 6. The molecule has 1 aliphatic rings. The molecule has 6 nitrogen and oxygen atoms in total. The molecule has 4 aromatic rings. The number of fused-ring (bicyclic) bond motifs is 1. The predicted octanol–water partition coefficient (Wildman–Crippen LogP) is 5.93. The van der Waals surface area contributed by atoms with Crippen molar-refractivity contribution in [2.24, 2.45) is 0 Å². The van der Waals surface area contributed by atoms with Crippen LogP contribution in [0.1, 0.15) is 42.9 Å². The minimum Gasteiger partial charge on any atom is -0.481 e. The minimum absolute atomic E-state index is 0. The summed E-state index contributed by atoms with van der Waals surface area (Å²) >= 11 is 6.21. The van der Waals surface area contributed by atoms with Crippen molar-refractivity contribution in [3.05, 3.63) is 100 Å². The number of methoxy groups -OCH3 is 1. The van der Waals surface area contributed by atoms with Gasteiger partial charge in [-0.2, -0.15) is 0 Å². The molecule has 40 heavy (non-hydrogen) atoms. The highest BCUT2D eigenvalue weighted by Gasteiger charge is 2.44. The van der Waals surface area contributed by atoms with Crippen molar-refractivity contribution in [1.29, 1.82) is 0 Å². The highest BCUT2D eigenvalue weighted by molar-refractivity contribution is 7.90. The van der Waals surface area contributed by atoms with Crippen LogP contribution in [0.2, 0.25) is 5.02 Å². The monoisotopic (exact) mass is 584 g/mol. The second kappa shape index (κ2) is 11.8. The molecule has 3 aromatic carbocycles. The lowest BCUT2D eigenvalue weighted by molar-refractivity contribution is -0.0191. The van der Waals surface area contributed by atoms with Gasteiger partial charge in [0.05, 0.1) is 23.1 Å². The molecular weight excluding hydrogens is 551 g/mol. The van der Waals surface area contributed by atoms with Gasteiger partial charge in [0.15, 0.2) is 9.84 Å². The number of aliphatic hydroxyl groups is 1. The van der Waals surface area contributed by atoms with Gasteiger partial charge in [0, 0.05) is 34.2 Å². The van der Waals surface area contributed by atoms with E-state index in [0.29, 0.717) is 53.2 Å². The summed E-state index contributed by atoms with van der Waals surface area (Å²) in [6.07, 6.45) is 2.68. The fourth-order valence-corrected chi connectivity index (χ4v) is 6.38. The van der Waals surface area contributed by atoms with Gasteiger partial charge in [-0.1, -0.05) is 43.3 Å². The van der Waals surface area contributed by atoms with Gasteiger partial charge in [-0.15, -0.1) is 0 Å². The molecule has 0 aliphatic carbocycles. The number of nitrogens with one attached hydrogen (secondary N) is 1. The molecule has 2 heterocycles. The van der Waals surface area contributed by atoms with Crippen LogP contribution in [0, 0.1) is 5.82 Å². The molecule has 1 fully saturated rings. The zero-order valence-electron chi connectivity index (χ0n) is 21.7. The molecule has 0 spiro atoms. The number of halogens is 2.